The molecule has 0 saturated carbocycles. The van der Waals surface area contributed by atoms with E-state index in [0.29, 0.717) is 21.2 Å². The topological polar surface area (TPSA) is 59.9 Å². The number of aromatic nitrogens is 3. The van der Waals surface area contributed by atoms with E-state index in [1.54, 1.807) is 25.2 Å². The smallest absolute Gasteiger partial charge is 0.328 e. The molecule has 0 radical (unpaired) electrons. The van der Waals surface area contributed by atoms with E-state index >= 15 is 0 Å². The van der Waals surface area contributed by atoms with Crippen molar-refractivity contribution in [2.24, 2.45) is 0 Å². The van der Waals surface area contributed by atoms with Gasteiger partial charge in [0.25, 0.3) is 0 Å². The van der Waals surface area contributed by atoms with Crippen LogP contribution >= 0.6 is 39.1 Å². The third-order valence-corrected chi connectivity index (χ3v) is 2.93. The van der Waals surface area contributed by atoms with E-state index in [1.165, 1.54) is 0 Å². The van der Waals surface area contributed by atoms with Crippen LogP contribution in [0.3, 0.4) is 0 Å². The molecular weight excluding hydrogens is 343 g/mol. The van der Waals surface area contributed by atoms with Gasteiger partial charge in [0.05, 0.1) is 4.47 Å². The molecular formula is C10H7BrCl2N4O. The second kappa shape index (κ2) is 5.69. The zero-order valence-corrected chi connectivity index (χ0v) is 12.2. The number of rotatable bonds is 3. The highest BCUT2D eigenvalue weighted by molar-refractivity contribution is 9.10. The Bertz CT molecular complexity index is 582. The standard InChI is InChI=1S/C10H7BrCl2N4O/c1-14-9-15-8(13)16-10(17-9)18-7-3-2-5(12)4-6(7)11/h2-4H,1H3,(H,14,15,16,17). The van der Waals surface area contributed by atoms with Crippen molar-refractivity contribution in [1.82, 2.24) is 15.0 Å². The normalized spacial score (nSPS) is 10.2. The highest BCUT2D eigenvalue weighted by Gasteiger charge is 2.08. The molecule has 0 unspecified atom stereocenters. The Kier molecular flexibility index (Phi) is 4.21. The summed E-state index contributed by atoms with van der Waals surface area (Å²) in [4.78, 5) is 11.7. The Balaban J connectivity index is 2.30. The van der Waals surface area contributed by atoms with Crippen LogP contribution in [0.4, 0.5) is 5.95 Å². The molecule has 0 aliphatic heterocycles. The molecule has 1 aromatic carbocycles. The van der Waals surface area contributed by atoms with Crippen molar-refractivity contribution in [3.05, 3.63) is 33.0 Å². The van der Waals surface area contributed by atoms with Gasteiger partial charge in [-0.1, -0.05) is 11.6 Å². The summed E-state index contributed by atoms with van der Waals surface area (Å²) in [5.41, 5.74) is 0. The number of benzene rings is 1. The van der Waals surface area contributed by atoms with E-state index < -0.39 is 0 Å². The Labute approximate surface area is 122 Å². The van der Waals surface area contributed by atoms with Crippen molar-refractivity contribution in [3.63, 3.8) is 0 Å². The number of anilines is 1. The van der Waals surface area contributed by atoms with Gasteiger partial charge in [0.2, 0.25) is 11.2 Å². The van der Waals surface area contributed by atoms with Crippen LogP contribution in [0.1, 0.15) is 0 Å². The van der Waals surface area contributed by atoms with Gasteiger partial charge in [0, 0.05) is 12.1 Å². The molecule has 2 aromatic rings. The molecule has 0 fully saturated rings. The van der Waals surface area contributed by atoms with Gasteiger partial charge in [-0.2, -0.15) is 15.0 Å². The number of halogens is 3. The van der Waals surface area contributed by atoms with Crippen LogP contribution in [0.25, 0.3) is 0 Å². The van der Waals surface area contributed by atoms with Crippen LogP contribution in [0.2, 0.25) is 10.3 Å². The fraction of sp³-hybridized carbons (Fsp3) is 0.100. The first-order chi connectivity index (χ1) is 8.58. The van der Waals surface area contributed by atoms with E-state index in [4.69, 9.17) is 27.9 Å². The van der Waals surface area contributed by atoms with Crippen molar-refractivity contribution in [2.45, 2.75) is 0 Å². The molecule has 0 bridgehead atoms. The van der Waals surface area contributed by atoms with Crippen LogP contribution in [0.5, 0.6) is 11.8 Å². The van der Waals surface area contributed by atoms with Crippen molar-refractivity contribution in [2.75, 3.05) is 12.4 Å². The fourth-order valence-corrected chi connectivity index (χ4v) is 2.06. The van der Waals surface area contributed by atoms with Crippen LogP contribution in [-0.4, -0.2) is 22.0 Å². The van der Waals surface area contributed by atoms with Gasteiger partial charge in [0.1, 0.15) is 5.75 Å². The summed E-state index contributed by atoms with van der Waals surface area (Å²) < 4.78 is 6.19. The largest absolute Gasteiger partial charge is 0.423 e. The summed E-state index contributed by atoms with van der Waals surface area (Å²) in [5, 5.41) is 3.40. The van der Waals surface area contributed by atoms with Gasteiger partial charge in [-0.3, -0.25) is 0 Å². The second-order valence-electron chi connectivity index (χ2n) is 3.14. The number of hydrogen-bond acceptors (Lipinski definition) is 5. The highest BCUT2D eigenvalue weighted by atomic mass is 79.9. The van der Waals surface area contributed by atoms with Crippen molar-refractivity contribution in [3.8, 4) is 11.8 Å². The molecule has 5 nitrogen and oxygen atoms in total. The van der Waals surface area contributed by atoms with Crippen LogP contribution in [0.15, 0.2) is 22.7 Å². The molecule has 8 heteroatoms. The molecule has 94 valence electrons. The van der Waals surface area contributed by atoms with Gasteiger partial charge < -0.3 is 10.1 Å². The zero-order valence-electron chi connectivity index (χ0n) is 9.12. The lowest BCUT2D eigenvalue weighted by atomic mass is 10.3. The summed E-state index contributed by atoms with van der Waals surface area (Å²) in [6.45, 7) is 0. The highest BCUT2D eigenvalue weighted by Crippen LogP contribution is 2.30. The van der Waals surface area contributed by atoms with E-state index in [2.05, 4.69) is 36.2 Å². The Hall–Kier alpha value is -1.11. The summed E-state index contributed by atoms with van der Waals surface area (Å²) in [6, 6.07) is 5.20. The Morgan fingerprint density at radius 3 is 2.67 bits per heavy atom. The lowest BCUT2D eigenvalue weighted by molar-refractivity contribution is 0.438. The monoisotopic (exact) mass is 348 g/mol. The number of nitrogens with zero attached hydrogens (tertiary/aromatic N) is 3. The lowest BCUT2D eigenvalue weighted by Gasteiger charge is -2.07. The number of nitrogens with one attached hydrogen (secondary N) is 1. The number of ether oxygens (including phenoxy) is 1. The maximum atomic E-state index is 5.83. The lowest BCUT2D eigenvalue weighted by Crippen LogP contribution is -2.01. The molecule has 18 heavy (non-hydrogen) atoms. The van der Waals surface area contributed by atoms with Gasteiger partial charge in [-0.05, 0) is 45.7 Å². The van der Waals surface area contributed by atoms with Crippen molar-refractivity contribution < 1.29 is 4.74 Å². The first-order valence-corrected chi connectivity index (χ1v) is 6.35. The average molecular weight is 350 g/mol. The molecule has 0 atom stereocenters. The fourth-order valence-electron chi connectivity index (χ4n) is 1.15. The van der Waals surface area contributed by atoms with Crippen molar-refractivity contribution in [1.29, 1.82) is 0 Å². The molecule has 0 saturated heterocycles. The second-order valence-corrected chi connectivity index (χ2v) is 4.77. The average Bonchev–Trinajstić information content (AvgIpc) is 2.32. The molecule has 1 aromatic heterocycles. The minimum absolute atomic E-state index is 0.0504. The minimum Gasteiger partial charge on any atom is -0.423 e. The SMILES string of the molecule is CNc1nc(Cl)nc(Oc2ccc(Cl)cc2Br)n1. The Morgan fingerprint density at radius 1 is 1.22 bits per heavy atom. The first-order valence-electron chi connectivity index (χ1n) is 4.80. The molecule has 2 rings (SSSR count). The predicted molar refractivity (Wildman–Crippen MR) is 73.6 cm³/mol. The van der Waals surface area contributed by atoms with E-state index in [0.717, 1.165) is 0 Å². The summed E-state index contributed by atoms with van der Waals surface area (Å²) in [6.07, 6.45) is 0. The zero-order chi connectivity index (χ0) is 13.1. The third kappa shape index (κ3) is 3.22. The molecule has 0 spiro atoms. The summed E-state index contributed by atoms with van der Waals surface area (Å²) in [5.74, 6) is 0.860. The van der Waals surface area contributed by atoms with Gasteiger partial charge >= 0.3 is 6.01 Å². The molecule has 0 aliphatic carbocycles. The van der Waals surface area contributed by atoms with E-state index in [-0.39, 0.29) is 11.3 Å². The molecule has 1 N–H and O–H groups in total. The van der Waals surface area contributed by atoms with Gasteiger partial charge in [0.15, 0.2) is 0 Å². The Morgan fingerprint density at radius 2 is 2.00 bits per heavy atom. The van der Waals surface area contributed by atoms with Crippen LogP contribution in [-0.2, 0) is 0 Å². The maximum Gasteiger partial charge on any atom is 0.328 e. The van der Waals surface area contributed by atoms with Crippen LogP contribution in [0, 0.1) is 0 Å². The molecule has 0 amide bonds. The maximum absolute atomic E-state index is 5.83. The summed E-state index contributed by atoms with van der Waals surface area (Å²) >= 11 is 14.9. The number of hydrogen-bond donors (Lipinski definition) is 1. The predicted octanol–water partition coefficient (Wildman–Crippen LogP) is 3.77. The summed E-state index contributed by atoms with van der Waals surface area (Å²) in [7, 11) is 1.67. The molecule has 1 heterocycles. The first kappa shape index (κ1) is 13.3. The van der Waals surface area contributed by atoms with E-state index in [9.17, 15) is 0 Å². The van der Waals surface area contributed by atoms with Crippen LogP contribution < -0.4 is 10.1 Å². The third-order valence-electron chi connectivity index (χ3n) is 1.91. The van der Waals surface area contributed by atoms with Crippen molar-refractivity contribution >= 4 is 45.1 Å². The minimum atomic E-state index is 0.0504. The quantitative estimate of drug-likeness (QED) is 0.913. The van der Waals surface area contributed by atoms with Gasteiger partial charge in [-0.25, -0.2) is 0 Å². The van der Waals surface area contributed by atoms with Gasteiger partial charge in [-0.15, -0.1) is 0 Å². The van der Waals surface area contributed by atoms with E-state index in [1.807, 2.05) is 0 Å². The molecule has 0 aliphatic rings.